The predicted molar refractivity (Wildman–Crippen MR) is 95.9 cm³/mol. The molecule has 0 unspecified atom stereocenters. The summed E-state index contributed by atoms with van der Waals surface area (Å²) >= 11 is 0. The van der Waals surface area contributed by atoms with Crippen molar-refractivity contribution in [1.29, 1.82) is 0 Å². The molecule has 0 radical (unpaired) electrons. The van der Waals surface area contributed by atoms with Crippen LogP contribution in [0.4, 0.5) is 5.69 Å². The molecule has 2 N–H and O–H groups in total. The molecule has 0 spiro atoms. The van der Waals surface area contributed by atoms with Crippen LogP contribution in [0.1, 0.15) is 34.8 Å². The Labute approximate surface area is 147 Å². The Hall–Kier alpha value is -2.54. The highest BCUT2D eigenvalue weighted by Gasteiger charge is 2.19. The van der Waals surface area contributed by atoms with Gasteiger partial charge in [0.25, 0.3) is 10.0 Å². The van der Waals surface area contributed by atoms with E-state index < -0.39 is 16.0 Å². The molecule has 2 rings (SSSR count). The number of aryl methyl sites for hydroxylation is 2. The van der Waals surface area contributed by atoms with Crippen LogP contribution < -0.4 is 9.46 Å². The van der Waals surface area contributed by atoms with Crippen LogP contribution in [0.3, 0.4) is 0 Å². The molecule has 25 heavy (non-hydrogen) atoms. The van der Waals surface area contributed by atoms with Gasteiger partial charge in [-0.25, -0.2) is 13.2 Å². The number of rotatable bonds is 7. The number of carboxylic acid groups (broad SMARTS) is 1. The summed E-state index contributed by atoms with van der Waals surface area (Å²) in [6.07, 6.45) is 0.740. The van der Waals surface area contributed by atoms with Gasteiger partial charge in [0, 0.05) is 0 Å². The van der Waals surface area contributed by atoms with Gasteiger partial charge < -0.3 is 9.84 Å². The highest BCUT2D eigenvalue weighted by molar-refractivity contribution is 7.92. The van der Waals surface area contributed by atoms with E-state index in [2.05, 4.69) is 4.72 Å². The number of hydrogen-bond acceptors (Lipinski definition) is 4. The summed E-state index contributed by atoms with van der Waals surface area (Å²) in [6.45, 7) is 6.04. The summed E-state index contributed by atoms with van der Waals surface area (Å²) in [4.78, 5) is 11.3. The normalized spacial score (nSPS) is 11.2. The average Bonchev–Trinajstić information content (AvgIpc) is 2.55. The van der Waals surface area contributed by atoms with Gasteiger partial charge in [0.05, 0.1) is 22.8 Å². The lowest BCUT2D eigenvalue weighted by Gasteiger charge is -2.14. The predicted octanol–water partition coefficient (Wildman–Crippen LogP) is 3.59. The average molecular weight is 363 g/mol. The van der Waals surface area contributed by atoms with Crippen molar-refractivity contribution in [1.82, 2.24) is 0 Å². The second-order valence-corrected chi connectivity index (χ2v) is 7.40. The Morgan fingerprint density at radius 2 is 1.84 bits per heavy atom. The van der Waals surface area contributed by atoms with Gasteiger partial charge in [-0.1, -0.05) is 13.0 Å². The molecule has 2 aromatic carbocycles. The molecule has 0 atom stereocenters. The largest absolute Gasteiger partial charge is 0.491 e. The van der Waals surface area contributed by atoms with Gasteiger partial charge >= 0.3 is 5.97 Å². The van der Waals surface area contributed by atoms with Crippen LogP contribution in [0.25, 0.3) is 0 Å². The first kappa shape index (κ1) is 18.8. The molecular formula is C18H21NO5S. The molecule has 0 fully saturated rings. The van der Waals surface area contributed by atoms with Crippen LogP contribution in [-0.4, -0.2) is 26.1 Å². The zero-order valence-electron chi connectivity index (χ0n) is 14.4. The van der Waals surface area contributed by atoms with E-state index >= 15 is 0 Å². The van der Waals surface area contributed by atoms with Gasteiger partial charge in [-0.05, 0) is 61.7 Å². The summed E-state index contributed by atoms with van der Waals surface area (Å²) in [7, 11) is -3.87. The van der Waals surface area contributed by atoms with E-state index in [9.17, 15) is 13.2 Å². The molecule has 6 nitrogen and oxygen atoms in total. The number of carbonyl (C=O) groups is 1. The summed E-state index contributed by atoms with van der Waals surface area (Å²) < 4.78 is 33.3. The fourth-order valence-electron chi connectivity index (χ4n) is 2.17. The zero-order valence-corrected chi connectivity index (χ0v) is 15.2. The van der Waals surface area contributed by atoms with Crippen molar-refractivity contribution >= 4 is 21.7 Å². The molecule has 0 aliphatic heterocycles. The number of anilines is 1. The van der Waals surface area contributed by atoms with Crippen LogP contribution in [0.5, 0.6) is 5.75 Å². The highest BCUT2D eigenvalue weighted by atomic mass is 32.2. The summed E-state index contributed by atoms with van der Waals surface area (Å²) in [6, 6.07) is 8.90. The van der Waals surface area contributed by atoms with E-state index in [4.69, 9.17) is 9.84 Å². The van der Waals surface area contributed by atoms with Crippen LogP contribution in [0.15, 0.2) is 41.3 Å². The maximum Gasteiger partial charge on any atom is 0.335 e. The Bertz CT molecular complexity index is 890. The smallest absolute Gasteiger partial charge is 0.335 e. The van der Waals surface area contributed by atoms with Gasteiger partial charge in [-0.2, -0.15) is 0 Å². The van der Waals surface area contributed by atoms with Gasteiger partial charge in [0.1, 0.15) is 5.75 Å². The number of nitrogens with one attached hydrogen (secondary N) is 1. The van der Waals surface area contributed by atoms with Crippen molar-refractivity contribution in [2.24, 2.45) is 0 Å². The van der Waals surface area contributed by atoms with Crippen LogP contribution in [0, 0.1) is 13.8 Å². The van der Waals surface area contributed by atoms with Crippen molar-refractivity contribution in [3.8, 4) is 5.75 Å². The Morgan fingerprint density at radius 1 is 1.12 bits per heavy atom. The Balaban J connectivity index is 2.43. The van der Waals surface area contributed by atoms with E-state index in [1.807, 2.05) is 20.8 Å². The number of hydrogen-bond donors (Lipinski definition) is 2. The first-order valence-electron chi connectivity index (χ1n) is 7.85. The fourth-order valence-corrected chi connectivity index (χ4v) is 3.31. The fraction of sp³-hybridized carbons (Fsp3) is 0.278. The van der Waals surface area contributed by atoms with Gasteiger partial charge in [0.2, 0.25) is 0 Å². The summed E-state index contributed by atoms with van der Waals surface area (Å²) in [5, 5.41) is 9.14. The molecule has 0 aliphatic carbocycles. The van der Waals surface area contributed by atoms with Gasteiger partial charge in [-0.15, -0.1) is 0 Å². The standard InChI is InChI=1S/C18H21NO5S/c1-4-9-24-17-8-6-14(18(20)21)11-16(17)19-25(22,23)15-7-5-12(2)13(3)10-15/h5-8,10-11,19H,4,9H2,1-3H3,(H,20,21). The molecular weight excluding hydrogens is 342 g/mol. The minimum atomic E-state index is -3.87. The molecule has 0 amide bonds. The third-order valence-corrected chi connectivity index (χ3v) is 5.08. The van der Waals surface area contributed by atoms with E-state index in [-0.39, 0.29) is 16.1 Å². The lowest BCUT2D eigenvalue weighted by molar-refractivity contribution is 0.0697. The minimum absolute atomic E-state index is 0.0263. The number of carboxylic acids is 1. The lowest BCUT2D eigenvalue weighted by Crippen LogP contribution is -2.15. The van der Waals surface area contributed by atoms with Crippen LogP contribution >= 0.6 is 0 Å². The molecule has 0 aromatic heterocycles. The zero-order chi connectivity index (χ0) is 18.6. The first-order valence-corrected chi connectivity index (χ1v) is 9.33. The van der Waals surface area contributed by atoms with Crippen molar-refractivity contribution < 1.29 is 23.1 Å². The molecule has 0 bridgehead atoms. The molecule has 0 saturated carbocycles. The van der Waals surface area contributed by atoms with E-state index in [0.29, 0.717) is 12.4 Å². The summed E-state index contributed by atoms with van der Waals surface area (Å²) in [5.41, 5.74) is 1.91. The van der Waals surface area contributed by atoms with Crippen molar-refractivity contribution in [2.45, 2.75) is 32.1 Å². The lowest BCUT2D eigenvalue weighted by atomic mass is 10.1. The SMILES string of the molecule is CCCOc1ccc(C(=O)O)cc1NS(=O)(=O)c1ccc(C)c(C)c1. The monoisotopic (exact) mass is 363 g/mol. The maximum absolute atomic E-state index is 12.7. The highest BCUT2D eigenvalue weighted by Crippen LogP contribution is 2.29. The van der Waals surface area contributed by atoms with Crippen molar-refractivity contribution in [3.05, 3.63) is 53.1 Å². The van der Waals surface area contributed by atoms with Crippen molar-refractivity contribution in [3.63, 3.8) is 0 Å². The van der Waals surface area contributed by atoms with E-state index in [1.165, 1.54) is 24.3 Å². The second-order valence-electron chi connectivity index (χ2n) is 5.72. The Morgan fingerprint density at radius 3 is 2.44 bits per heavy atom. The molecule has 0 heterocycles. The third-order valence-electron chi connectivity index (χ3n) is 3.72. The molecule has 2 aromatic rings. The maximum atomic E-state index is 12.7. The van der Waals surface area contributed by atoms with E-state index in [0.717, 1.165) is 17.5 Å². The van der Waals surface area contributed by atoms with Crippen molar-refractivity contribution in [2.75, 3.05) is 11.3 Å². The first-order chi connectivity index (χ1) is 11.7. The van der Waals surface area contributed by atoms with Crippen LogP contribution in [-0.2, 0) is 10.0 Å². The third kappa shape index (κ3) is 4.51. The van der Waals surface area contributed by atoms with Crippen LogP contribution in [0.2, 0.25) is 0 Å². The number of aromatic carboxylic acids is 1. The summed E-state index contributed by atoms with van der Waals surface area (Å²) in [5.74, 6) is -0.854. The molecule has 134 valence electrons. The Kier molecular flexibility index (Phi) is 5.69. The topological polar surface area (TPSA) is 92.7 Å². The van der Waals surface area contributed by atoms with Gasteiger partial charge in [-0.3, -0.25) is 4.72 Å². The molecule has 7 heteroatoms. The number of sulfonamides is 1. The quantitative estimate of drug-likeness (QED) is 0.784. The number of benzene rings is 2. The molecule has 0 saturated heterocycles. The molecule has 0 aliphatic rings. The minimum Gasteiger partial charge on any atom is -0.491 e. The second kappa shape index (κ2) is 7.57. The number of ether oxygens (including phenoxy) is 1. The van der Waals surface area contributed by atoms with Gasteiger partial charge in [0.15, 0.2) is 0 Å². The van der Waals surface area contributed by atoms with E-state index in [1.54, 1.807) is 12.1 Å².